The number of aromatic amines is 1. The minimum atomic E-state index is -0.473. The van der Waals surface area contributed by atoms with Crippen molar-refractivity contribution in [3.05, 3.63) is 71.4 Å². The Hall–Kier alpha value is -2.77. The topological polar surface area (TPSA) is 56.4 Å². The quantitative estimate of drug-likeness (QED) is 0.456. The molecule has 2 fully saturated rings. The van der Waals surface area contributed by atoms with E-state index in [-0.39, 0.29) is 47.6 Å². The average Bonchev–Trinajstić information content (AvgIpc) is 3.47. The number of benzene rings is 2. The normalized spacial score (nSPS) is 19.1. The van der Waals surface area contributed by atoms with Crippen LogP contribution in [0.15, 0.2) is 48.5 Å². The summed E-state index contributed by atoms with van der Waals surface area (Å²) in [6, 6.07) is 12.9. The number of halogens is 3. The zero-order valence-corrected chi connectivity index (χ0v) is 20.3. The number of carbonyl (C=O) groups excluding carboxylic acids is 2. The van der Waals surface area contributed by atoms with Crippen LogP contribution in [0.4, 0.5) is 8.78 Å². The van der Waals surface area contributed by atoms with Gasteiger partial charge in [0.05, 0.1) is 0 Å². The fraction of sp³-hybridized carbons (Fsp3) is 0.407. The standard InChI is InChI=1S/C27H29F2N3O2.ClH/c28-20-9-7-18(8-10-20)26(33)19-11-15-31(16-12-19)17-13-21-4-3-14-32(21)27(34)25-24(29)22-5-1-2-6-23(22)30-25;/h1-2,5-10,19,21,30H,3-4,11-17H2;1H/t21-;/m0./s1. The molecule has 0 saturated carbocycles. The molecule has 1 aromatic heterocycles. The van der Waals surface area contributed by atoms with Gasteiger partial charge in [0.25, 0.3) is 5.91 Å². The van der Waals surface area contributed by atoms with E-state index in [2.05, 4.69) is 9.88 Å². The van der Waals surface area contributed by atoms with Gasteiger partial charge in [0.1, 0.15) is 11.5 Å². The van der Waals surface area contributed by atoms with Crippen LogP contribution in [-0.4, -0.2) is 58.7 Å². The number of rotatable bonds is 6. The third-order valence-corrected chi connectivity index (χ3v) is 7.36. The number of nitrogens with zero attached hydrogens (tertiary/aromatic N) is 2. The molecule has 0 spiro atoms. The Morgan fingerprint density at radius 2 is 1.66 bits per heavy atom. The van der Waals surface area contributed by atoms with Crippen LogP contribution in [0.2, 0.25) is 0 Å². The van der Waals surface area contributed by atoms with Crippen molar-refractivity contribution < 1.29 is 18.4 Å². The Kier molecular flexibility index (Phi) is 7.87. The number of nitrogens with one attached hydrogen (secondary N) is 1. The smallest absolute Gasteiger partial charge is 0.273 e. The Labute approximate surface area is 209 Å². The van der Waals surface area contributed by atoms with Crippen LogP contribution < -0.4 is 0 Å². The molecule has 186 valence electrons. The highest BCUT2D eigenvalue weighted by Crippen LogP contribution is 2.28. The summed E-state index contributed by atoms with van der Waals surface area (Å²) < 4.78 is 28.0. The molecular formula is C27H30ClF2N3O2. The number of fused-ring (bicyclic) bond motifs is 1. The van der Waals surface area contributed by atoms with E-state index in [9.17, 15) is 18.4 Å². The van der Waals surface area contributed by atoms with Crippen molar-refractivity contribution in [2.24, 2.45) is 5.92 Å². The summed E-state index contributed by atoms with van der Waals surface area (Å²) in [7, 11) is 0. The lowest BCUT2D eigenvalue weighted by molar-refractivity contribution is 0.0696. The van der Waals surface area contributed by atoms with Crippen LogP contribution in [0.5, 0.6) is 0 Å². The van der Waals surface area contributed by atoms with Gasteiger partial charge < -0.3 is 14.8 Å². The van der Waals surface area contributed by atoms with Crippen LogP contribution in [-0.2, 0) is 0 Å². The van der Waals surface area contributed by atoms with E-state index in [4.69, 9.17) is 0 Å². The van der Waals surface area contributed by atoms with Gasteiger partial charge in [0.15, 0.2) is 11.6 Å². The maximum Gasteiger partial charge on any atom is 0.273 e. The summed E-state index contributed by atoms with van der Waals surface area (Å²) in [4.78, 5) is 33.0. The number of piperidine rings is 1. The molecule has 0 unspecified atom stereocenters. The molecule has 8 heteroatoms. The third kappa shape index (κ3) is 5.26. The summed E-state index contributed by atoms with van der Waals surface area (Å²) >= 11 is 0. The highest BCUT2D eigenvalue weighted by molar-refractivity contribution is 5.99. The van der Waals surface area contributed by atoms with E-state index in [1.807, 2.05) is 11.0 Å². The van der Waals surface area contributed by atoms with Crippen molar-refractivity contribution in [3.63, 3.8) is 0 Å². The third-order valence-electron chi connectivity index (χ3n) is 7.36. The maximum absolute atomic E-state index is 14.8. The Balaban J connectivity index is 0.00000289. The van der Waals surface area contributed by atoms with Gasteiger partial charge in [0, 0.05) is 41.5 Å². The molecule has 3 heterocycles. The molecule has 1 N–H and O–H groups in total. The van der Waals surface area contributed by atoms with Gasteiger partial charge >= 0.3 is 0 Å². The van der Waals surface area contributed by atoms with E-state index < -0.39 is 5.82 Å². The molecule has 1 amide bonds. The molecule has 0 radical (unpaired) electrons. The van der Waals surface area contributed by atoms with Gasteiger partial charge in [-0.15, -0.1) is 12.4 Å². The average molecular weight is 502 g/mol. The molecule has 2 saturated heterocycles. The number of para-hydroxylation sites is 1. The van der Waals surface area contributed by atoms with Crippen molar-refractivity contribution in [3.8, 4) is 0 Å². The molecule has 0 bridgehead atoms. The van der Waals surface area contributed by atoms with E-state index in [0.717, 1.165) is 51.7 Å². The first-order valence-electron chi connectivity index (χ1n) is 12.1. The Morgan fingerprint density at radius 1 is 0.943 bits per heavy atom. The number of hydrogen-bond donors (Lipinski definition) is 1. The zero-order chi connectivity index (χ0) is 23.7. The summed E-state index contributed by atoms with van der Waals surface area (Å²) in [5.41, 5.74) is 1.26. The number of H-pyrrole nitrogens is 1. The number of amides is 1. The van der Waals surface area contributed by atoms with Crippen molar-refractivity contribution in [1.29, 1.82) is 0 Å². The lowest BCUT2D eigenvalue weighted by atomic mass is 9.88. The number of carbonyl (C=O) groups is 2. The first-order chi connectivity index (χ1) is 16.5. The summed E-state index contributed by atoms with van der Waals surface area (Å²) in [5, 5.41) is 0.444. The van der Waals surface area contributed by atoms with Crippen LogP contribution in [0.1, 0.15) is 53.0 Å². The summed E-state index contributed by atoms with van der Waals surface area (Å²) in [6.45, 7) is 3.15. The molecule has 2 aliphatic rings. The summed E-state index contributed by atoms with van der Waals surface area (Å²) in [6.07, 6.45) is 4.25. The fourth-order valence-corrected chi connectivity index (χ4v) is 5.40. The van der Waals surface area contributed by atoms with Crippen molar-refractivity contribution in [2.45, 2.75) is 38.1 Å². The SMILES string of the molecule is Cl.O=C(c1ccc(F)cc1)C1CCN(CC[C@@H]2CCCN2C(=O)c2[nH]c3ccccc3c2F)CC1. The minimum Gasteiger partial charge on any atom is -0.348 e. The highest BCUT2D eigenvalue weighted by Gasteiger charge is 2.33. The Morgan fingerprint density at radius 3 is 2.37 bits per heavy atom. The highest BCUT2D eigenvalue weighted by atomic mass is 35.5. The maximum atomic E-state index is 14.8. The van der Waals surface area contributed by atoms with Crippen LogP contribution in [0, 0.1) is 17.6 Å². The molecule has 2 aromatic carbocycles. The molecule has 0 aliphatic carbocycles. The van der Waals surface area contributed by atoms with Gasteiger partial charge in [-0.3, -0.25) is 9.59 Å². The number of Topliss-reactive ketones (excluding diaryl/α,β-unsaturated/α-hetero) is 1. The first kappa shape index (κ1) is 25.3. The lowest BCUT2D eigenvalue weighted by Crippen LogP contribution is -2.41. The molecule has 3 aromatic rings. The molecule has 35 heavy (non-hydrogen) atoms. The second-order valence-corrected chi connectivity index (χ2v) is 9.43. The van der Waals surface area contributed by atoms with Crippen molar-refractivity contribution in [1.82, 2.24) is 14.8 Å². The molecule has 5 nitrogen and oxygen atoms in total. The van der Waals surface area contributed by atoms with E-state index >= 15 is 0 Å². The number of hydrogen-bond acceptors (Lipinski definition) is 3. The van der Waals surface area contributed by atoms with E-state index in [1.165, 1.54) is 12.1 Å². The van der Waals surface area contributed by atoms with Crippen LogP contribution >= 0.6 is 12.4 Å². The second kappa shape index (κ2) is 10.9. The number of aromatic nitrogens is 1. The molecular weight excluding hydrogens is 472 g/mol. The lowest BCUT2D eigenvalue weighted by Gasteiger charge is -2.33. The number of likely N-dealkylation sites (tertiary alicyclic amines) is 2. The predicted octanol–water partition coefficient (Wildman–Crippen LogP) is 5.46. The summed E-state index contributed by atoms with van der Waals surface area (Å²) in [5.74, 6) is -1.01. The van der Waals surface area contributed by atoms with Gasteiger partial charge in [-0.25, -0.2) is 8.78 Å². The minimum absolute atomic E-state index is 0. The Bertz CT molecular complexity index is 1190. The van der Waals surface area contributed by atoms with E-state index in [0.29, 0.717) is 23.0 Å². The van der Waals surface area contributed by atoms with Crippen molar-refractivity contribution >= 4 is 35.0 Å². The van der Waals surface area contributed by atoms with Gasteiger partial charge in [-0.1, -0.05) is 12.1 Å². The largest absolute Gasteiger partial charge is 0.348 e. The monoisotopic (exact) mass is 501 g/mol. The number of ketones is 1. The fourth-order valence-electron chi connectivity index (χ4n) is 5.40. The van der Waals surface area contributed by atoms with Gasteiger partial charge in [-0.05, 0) is 81.6 Å². The predicted molar refractivity (Wildman–Crippen MR) is 134 cm³/mol. The zero-order valence-electron chi connectivity index (χ0n) is 19.5. The van der Waals surface area contributed by atoms with Gasteiger partial charge in [0.2, 0.25) is 0 Å². The van der Waals surface area contributed by atoms with Crippen molar-refractivity contribution in [2.75, 3.05) is 26.2 Å². The van der Waals surface area contributed by atoms with Gasteiger partial charge in [-0.2, -0.15) is 0 Å². The first-order valence-corrected chi connectivity index (χ1v) is 12.1. The molecule has 5 rings (SSSR count). The van der Waals surface area contributed by atoms with Crippen LogP contribution in [0.3, 0.4) is 0 Å². The molecule has 1 atom stereocenters. The van der Waals surface area contributed by atoms with E-state index in [1.54, 1.807) is 30.3 Å². The van der Waals surface area contributed by atoms with Crippen LogP contribution in [0.25, 0.3) is 10.9 Å². The molecule has 2 aliphatic heterocycles. The second-order valence-electron chi connectivity index (χ2n) is 9.43.